The number of halogens is 4. The van der Waals surface area contributed by atoms with Crippen molar-refractivity contribution >= 4 is 150 Å². The number of amides is 4. The van der Waals surface area contributed by atoms with Crippen molar-refractivity contribution in [2.24, 2.45) is 17.2 Å². The topological polar surface area (TPSA) is 696 Å². The van der Waals surface area contributed by atoms with Crippen LogP contribution >= 0.6 is 91.4 Å². The lowest BCUT2D eigenvalue weighted by Gasteiger charge is -2.17. The Morgan fingerprint density at radius 3 is 1.16 bits per heavy atom. The predicted molar refractivity (Wildman–Crippen MR) is 449 cm³/mol. The second-order valence-corrected chi connectivity index (χ2v) is 26.6. The maximum absolute atomic E-state index is 12.4. The summed E-state index contributed by atoms with van der Waals surface area (Å²) in [6.07, 6.45) is -12.1. The zero-order valence-electron chi connectivity index (χ0n) is 59.0. The number of primary amides is 1. The van der Waals surface area contributed by atoms with E-state index in [2.05, 4.69) is 45.7 Å². The summed E-state index contributed by atoms with van der Waals surface area (Å²) in [7, 11) is -4.82. The second-order valence-electron chi connectivity index (χ2n) is 24.9. The Bertz CT molecular complexity index is 4520. The quantitative estimate of drug-likeness (QED) is 0.0119. The van der Waals surface area contributed by atoms with Gasteiger partial charge in [0.05, 0.1) is 36.8 Å². The van der Waals surface area contributed by atoms with Crippen LogP contribution in [-0.4, -0.2) is 223 Å². The first-order valence-corrected chi connectivity index (χ1v) is 35.1. The summed E-state index contributed by atoms with van der Waals surface area (Å²) < 4.78 is 42.2. The first kappa shape index (κ1) is 102. The Morgan fingerprint density at radius 1 is 0.500 bits per heavy atom. The zero-order chi connectivity index (χ0) is 80.0. The third-order valence-corrected chi connectivity index (χ3v) is 18.3. The minimum Gasteiger partial charge on any atom is -0.387 e. The van der Waals surface area contributed by atoms with Crippen molar-refractivity contribution in [2.45, 2.75) is 147 Å². The Labute approximate surface area is 719 Å². The van der Waals surface area contributed by atoms with E-state index < -0.39 is 141 Å². The van der Waals surface area contributed by atoms with Gasteiger partial charge in [0.15, 0.2) is 47.7 Å². The number of phosphoric acid groups is 1. The van der Waals surface area contributed by atoms with Crippen LogP contribution in [0.5, 0.6) is 0 Å². The molecule has 640 valence electrons. The minimum absolute atomic E-state index is 0. The number of nitrogens with one attached hydrogen (secondary N) is 4. The number of aldehydes is 1. The first-order chi connectivity index (χ1) is 52.3. The molecule has 8 heterocycles. The number of nitro benzene ring substituents is 1. The van der Waals surface area contributed by atoms with E-state index in [1.165, 1.54) is 56.9 Å². The van der Waals surface area contributed by atoms with Crippen LogP contribution in [0.1, 0.15) is 122 Å². The SMILES string of the molecule is C.C.C.I.I.I.NC(=O)c1ncn(C2OC(CNCc3ccccc3)C(O)C2O)c1N.NC[C@H]1O[C@@H](n2cnc(C(=O)NCc3ccc(C=O)cc3)c2N)[C@H](O)[C@@H]1O.NC[C@H]1O[C@@H](n2cnc(C(=O)NCc3ccc(Cl)cc3)c2N)[C@H](O)[C@@H]1O.Nc1c(C(=O)NCc2ccc([N+](=O)[O-])cc2)ncn1[C@@H]1O[C@H](COP(=O)(O)O)[C@@H](O)[C@H]1O. The average molecular weight is 2010 g/mol. The van der Waals surface area contributed by atoms with Crippen molar-refractivity contribution in [3.05, 3.63) is 194 Å². The molecule has 4 aliphatic heterocycles. The highest BCUT2D eigenvalue weighted by atomic mass is 127. The molecule has 12 rings (SSSR count). The molecule has 0 saturated carbocycles. The molecular formula is C68H97ClI3N20O23P. The fourth-order valence-electron chi connectivity index (χ4n) is 11.5. The van der Waals surface area contributed by atoms with E-state index >= 15 is 0 Å². The lowest BCUT2D eigenvalue weighted by molar-refractivity contribution is -0.384. The van der Waals surface area contributed by atoms with Gasteiger partial charge >= 0.3 is 7.82 Å². The molecule has 0 spiro atoms. The van der Waals surface area contributed by atoms with E-state index in [-0.39, 0.29) is 179 Å². The van der Waals surface area contributed by atoms with E-state index in [4.69, 9.17) is 80.5 Å². The summed E-state index contributed by atoms with van der Waals surface area (Å²) >= 11 is 5.82. The molecule has 0 aliphatic carbocycles. The standard InChI is InChI=1S/C17H21N5O5.C16H20ClN5O4.C16H20N5O10P.C16H21N5O4.3CH4.3HI/c18-5-11-13(24)14(25)17(27-11)22-8-21-12(15(22)19)16(26)20-6-9-1-3-10(7-23)4-2-9;17-9-3-1-8(2-4-9)6-20-15(25)11-14(19)22(7-21-11)16-13(24)12(23)10(5-18)26-16;17-14-11(15(24)18-5-8-1-3-9(4-2-8)21(25)26)19-7-20(14)16-13(23)12(22)10(31-16)6-30-32(27,28)29;17-14-11(15(18)24)20-8-21(14)16-13(23)12(22)10(25-16)7-19-6-9-4-2-1-3-5-9;;;;;;/h1-4,7-8,11,13-14,17,24-25H,5-6,18-19H2,(H,20,26);1-4,7,10,12-13,16,23-24H,5-6,18-19H2,(H,20,25);1-4,7,10,12-13,16,22-23H,5-6,17H2,(H,18,24)(H2,27,28,29);1-5,8,10,12-13,16,19,22-23H,6-7,17H2,(H2,18,24);3*1H4;3*1H/t11-,13-,14-,17-;2*10-,12-,13-,16-;;;;;;;/m111......./s1. The van der Waals surface area contributed by atoms with Gasteiger partial charge in [0, 0.05) is 68.5 Å². The van der Waals surface area contributed by atoms with Crippen LogP contribution in [0.2, 0.25) is 5.02 Å². The average Bonchev–Trinajstić information content (AvgIpc) is 1.66. The Kier molecular flexibility index (Phi) is 40.7. The zero-order valence-corrected chi connectivity index (χ0v) is 67.6. The monoisotopic (exact) mass is 2010 g/mol. The van der Waals surface area contributed by atoms with Gasteiger partial charge in [-0.1, -0.05) is 113 Å². The molecule has 4 aromatic heterocycles. The molecule has 4 unspecified atom stereocenters. The summed E-state index contributed by atoms with van der Waals surface area (Å²) in [6.45, 7) is 0.841. The van der Waals surface area contributed by atoms with Gasteiger partial charge in [0.25, 0.3) is 29.3 Å². The second kappa shape index (κ2) is 46.3. The van der Waals surface area contributed by atoms with E-state index in [9.17, 15) is 79.5 Å². The fourth-order valence-corrected chi connectivity index (χ4v) is 12.0. The number of imidazole rings is 4. The molecule has 4 aliphatic rings. The third kappa shape index (κ3) is 25.2. The number of ether oxygens (including phenoxy) is 4. The van der Waals surface area contributed by atoms with Gasteiger partial charge in [0.2, 0.25) is 0 Å². The van der Waals surface area contributed by atoms with Crippen molar-refractivity contribution in [3.63, 3.8) is 0 Å². The summed E-state index contributed by atoms with van der Waals surface area (Å²) in [5.74, 6) is -2.61. The van der Waals surface area contributed by atoms with Crippen LogP contribution < -0.4 is 61.4 Å². The van der Waals surface area contributed by atoms with Gasteiger partial charge in [-0.15, -0.1) is 71.9 Å². The number of hydrogen-bond acceptors (Lipinski definition) is 32. The largest absolute Gasteiger partial charge is 0.469 e. The lowest BCUT2D eigenvalue weighted by Crippen LogP contribution is -2.37. The molecule has 4 saturated heterocycles. The normalized spacial score (nSPS) is 23.5. The van der Waals surface area contributed by atoms with Gasteiger partial charge < -0.3 is 131 Å². The Morgan fingerprint density at radius 2 is 0.819 bits per heavy atom. The van der Waals surface area contributed by atoms with Crippen molar-refractivity contribution in [1.29, 1.82) is 0 Å². The first-order valence-electron chi connectivity index (χ1n) is 33.2. The number of benzene rings is 4. The molecule has 48 heteroatoms. The van der Waals surface area contributed by atoms with Crippen molar-refractivity contribution in [2.75, 3.05) is 49.2 Å². The Hall–Kier alpha value is -8.14. The summed E-state index contributed by atoms with van der Waals surface area (Å²) in [4.78, 5) is 102. The number of nitro groups is 1. The van der Waals surface area contributed by atoms with Gasteiger partial charge in [-0.25, -0.2) is 24.5 Å². The van der Waals surface area contributed by atoms with E-state index in [1.807, 2.05) is 30.3 Å². The van der Waals surface area contributed by atoms with Gasteiger partial charge in [-0.05, 0) is 34.4 Å². The molecule has 4 aromatic carbocycles. The third-order valence-electron chi connectivity index (χ3n) is 17.6. The Balaban J connectivity index is 0.000000395. The summed E-state index contributed by atoms with van der Waals surface area (Å²) in [6, 6.07) is 29.1. The summed E-state index contributed by atoms with van der Waals surface area (Å²) in [5, 5.41) is 103. The van der Waals surface area contributed by atoms with Crippen LogP contribution in [-0.2, 0) is 54.2 Å². The van der Waals surface area contributed by atoms with Crippen molar-refractivity contribution in [1.82, 2.24) is 59.5 Å². The molecule has 0 radical (unpaired) electrons. The number of rotatable bonds is 25. The fraction of sp³-hybridized carbons (Fsp3) is 0.397. The van der Waals surface area contributed by atoms with Gasteiger partial charge in [0.1, 0.15) is 103 Å². The molecule has 4 amide bonds. The number of aliphatic hydroxyl groups excluding tert-OH is 8. The highest BCUT2D eigenvalue weighted by Crippen LogP contribution is 2.40. The molecule has 43 nitrogen and oxygen atoms in total. The van der Waals surface area contributed by atoms with Crippen molar-refractivity contribution < 1.29 is 108 Å². The number of hydrogen-bond donors (Lipinski definition) is 21. The molecule has 16 atom stereocenters. The van der Waals surface area contributed by atoms with Crippen LogP contribution in [0.4, 0.5) is 29.0 Å². The number of aromatic nitrogens is 8. The molecule has 8 aromatic rings. The van der Waals surface area contributed by atoms with Crippen LogP contribution in [0.15, 0.2) is 128 Å². The smallest absolute Gasteiger partial charge is 0.387 e. The number of aliphatic hydroxyl groups is 8. The number of carbonyl (C=O) groups excluding carboxylic acids is 5. The van der Waals surface area contributed by atoms with E-state index in [0.717, 1.165) is 33.9 Å². The number of phosphoric ester groups is 1. The van der Waals surface area contributed by atoms with Crippen LogP contribution in [0, 0.1) is 10.1 Å². The maximum atomic E-state index is 12.4. The molecular weight excluding hydrogens is 1910 g/mol. The predicted octanol–water partition coefficient (Wildman–Crippen LogP) is 0.180. The number of anilines is 4. The highest BCUT2D eigenvalue weighted by Gasteiger charge is 2.48. The van der Waals surface area contributed by atoms with Crippen LogP contribution in [0.3, 0.4) is 0 Å². The number of nitrogens with two attached hydrogens (primary N) is 7. The lowest BCUT2D eigenvalue weighted by atomic mass is 10.1. The number of carbonyl (C=O) groups is 5. The molecule has 28 N–H and O–H groups in total. The maximum Gasteiger partial charge on any atom is 0.469 e. The molecule has 116 heavy (non-hydrogen) atoms. The van der Waals surface area contributed by atoms with Gasteiger partial charge in [-0.3, -0.25) is 56.9 Å². The van der Waals surface area contributed by atoms with Crippen LogP contribution in [0.25, 0.3) is 0 Å². The number of non-ortho nitro benzene ring substituents is 1. The summed E-state index contributed by atoms with van der Waals surface area (Å²) in [5.41, 5.74) is 43.4. The minimum atomic E-state index is -4.82. The molecule has 4 fully saturated rings. The number of nitrogen functional groups attached to an aromatic ring is 4. The van der Waals surface area contributed by atoms with E-state index in [0.29, 0.717) is 29.2 Å². The highest BCUT2D eigenvalue weighted by molar-refractivity contribution is 14.0. The van der Waals surface area contributed by atoms with Crippen molar-refractivity contribution in [3.8, 4) is 0 Å². The van der Waals surface area contributed by atoms with E-state index in [1.54, 1.807) is 48.5 Å². The molecule has 0 bridgehead atoms. The van der Waals surface area contributed by atoms with Gasteiger partial charge in [-0.2, -0.15) is 0 Å². The number of nitrogens with zero attached hydrogens (tertiary/aromatic N) is 9.